The molecule has 0 saturated carbocycles. The summed E-state index contributed by atoms with van der Waals surface area (Å²) in [6, 6.07) is 0.285. The van der Waals surface area contributed by atoms with Gasteiger partial charge in [-0.3, -0.25) is 9.69 Å². The van der Waals surface area contributed by atoms with Crippen LogP contribution in [0, 0.1) is 0 Å². The molecule has 8 heteroatoms. The lowest BCUT2D eigenvalue weighted by Crippen LogP contribution is -2.59. The zero-order valence-corrected chi connectivity index (χ0v) is 15.4. The number of carbonyl (C=O) groups is 1. The Morgan fingerprint density at radius 2 is 2.32 bits per heavy atom. The van der Waals surface area contributed by atoms with Crippen LogP contribution >= 0.6 is 11.3 Å². The van der Waals surface area contributed by atoms with Gasteiger partial charge in [-0.25, -0.2) is 9.67 Å². The number of hydrogen-bond donors (Lipinski definition) is 0. The molecule has 0 bridgehead atoms. The van der Waals surface area contributed by atoms with Gasteiger partial charge in [0.1, 0.15) is 0 Å². The number of hydrogen-bond acceptors (Lipinski definition) is 6. The van der Waals surface area contributed by atoms with Crippen LogP contribution in [0.15, 0.2) is 17.8 Å². The lowest BCUT2D eigenvalue weighted by molar-refractivity contribution is -0.0893. The zero-order valence-electron chi connectivity index (χ0n) is 14.6. The van der Waals surface area contributed by atoms with Crippen LogP contribution in [0.3, 0.4) is 0 Å². The maximum Gasteiger partial charge on any atom is 0.257 e. The summed E-state index contributed by atoms with van der Waals surface area (Å²) in [5, 5.41) is 7.16. The van der Waals surface area contributed by atoms with Crippen molar-refractivity contribution in [1.29, 1.82) is 0 Å². The van der Waals surface area contributed by atoms with Gasteiger partial charge in [-0.05, 0) is 19.9 Å². The van der Waals surface area contributed by atoms with Gasteiger partial charge in [-0.2, -0.15) is 5.10 Å². The fourth-order valence-corrected chi connectivity index (χ4v) is 4.35. The Bertz CT molecular complexity index is 758. The van der Waals surface area contributed by atoms with Gasteiger partial charge < -0.3 is 9.64 Å². The minimum absolute atomic E-state index is 0.0379. The normalized spacial score (nSPS) is 24.3. The number of nitrogens with zero attached hydrogens (tertiary/aromatic N) is 5. The Morgan fingerprint density at radius 1 is 1.44 bits per heavy atom. The zero-order chi connectivity index (χ0) is 17.4. The molecule has 134 valence electrons. The van der Waals surface area contributed by atoms with E-state index in [0.29, 0.717) is 12.1 Å². The Hall–Kier alpha value is -1.77. The number of likely N-dealkylation sites (tertiary alicyclic amines) is 1. The summed E-state index contributed by atoms with van der Waals surface area (Å²) in [6.07, 6.45) is 5.46. The van der Waals surface area contributed by atoms with E-state index in [1.807, 2.05) is 10.3 Å². The number of fused-ring (bicyclic) bond motifs is 1. The van der Waals surface area contributed by atoms with Gasteiger partial charge in [0.15, 0.2) is 0 Å². The van der Waals surface area contributed by atoms with E-state index in [9.17, 15) is 4.79 Å². The third-order valence-electron chi connectivity index (χ3n) is 5.08. The highest BCUT2D eigenvalue weighted by Gasteiger charge is 2.37. The summed E-state index contributed by atoms with van der Waals surface area (Å²) in [4.78, 5) is 21.6. The van der Waals surface area contributed by atoms with Crippen LogP contribution in [0.5, 0.6) is 0 Å². The minimum Gasteiger partial charge on any atom is -0.375 e. The molecule has 0 radical (unpaired) electrons. The second kappa shape index (κ2) is 6.86. The number of likely N-dealkylation sites (N-methyl/N-ethyl adjacent to an activating group) is 1. The highest BCUT2D eigenvalue weighted by molar-refractivity contribution is 7.12. The van der Waals surface area contributed by atoms with Gasteiger partial charge in [0.05, 0.1) is 36.2 Å². The van der Waals surface area contributed by atoms with Gasteiger partial charge >= 0.3 is 0 Å². The maximum absolute atomic E-state index is 12.9. The predicted octanol–water partition coefficient (Wildman–Crippen LogP) is 1.44. The van der Waals surface area contributed by atoms with E-state index in [1.165, 1.54) is 0 Å². The molecular weight excluding hydrogens is 338 g/mol. The first-order chi connectivity index (χ1) is 12.2. The first kappa shape index (κ1) is 16.7. The molecule has 0 aromatic carbocycles. The van der Waals surface area contributed by atoms with Gasteiger partial charge in [0, 0.05) is 31.2 Å². The first-order valence-electron chi connectivity index (χ1n) is 8.76. The van der Waals surface area contributed by atoms with Crippen molar-refractivity contribution in [3.05, 3.63) is 29.0 Å². The molecule has 0 N–H and O–H groups in total. The molecule has 7 nitrogen and oxygen atoms in total. The second-order valence-electron chi connectivity index (χ2n) is 6.65. The summed E-state index contributed by atoms with van der Waals surface area (Å²) in [6.45, 7) is 5.22. The number of rotatable bonds is 3. The number of piperidine rings is 1. The number of amides is 1. The van der Waals surface area contributed by atoms with Crippen molar-refractivity contribution in [1.82, 2.24) is 24.6 Å². The van der Waals surface area contributed by atoms with Crippen LogP contribution in [0.2, 0.25) is 0 Å². The summed E-state index contributed by atoms with van der Waals surface area (Å²) in [7, 11) is 2.11. The van der Waals surface area contributed by atoms with E-state index in [-0.39, 0.29) is 18.1 Å². The molecule has 4 rings (SSSR count). The molecule has 2 aliphatic heterocycles. The predicted molar refractivity (Wildman–Crippen MR) is 95.3 cm³/mol. The van der Waals surface area contributed by atoms with Crippen LogP contribution in [-0.4, -0.2) is 75.9 Å². The van der Waals surface area contributed by atoms with Crippen LogP contribution < -0.4 is 0 Å². The number of morpholine rings is 1. The van der Waals surface area contributed by atoms with Crippen LogP contribution in [0.25, 0.3) is 5.13 Å². The van der Waals surface area contributed by atoms with Crippen LogP contribution in [0.1, 0.15) is 29.4 Å². The summed E-state index contributed by atoms with van der Waals surface area (Å²) >= 11 is 1.54. The number of aryl methyl sites for hydroxylation is 1. The third-order valence-corrected chi connectivity index (χ3v) is 5.96. The molecule has 0 spiro atoms. The molecule has 2 saturated heterocycles. The topological polar surface area (TPSA) is 63.5 Å². The number of ether oxygens (including phenoxy) is 1. The van der Waals surface area contributed by atoms with E-state index in [0.717, 1.165) is 43.4 Å². The fourth-order valence-electron chi connectivity index (χ4n) is 3.51. The molecule has 25 heavy (non-hydrogen) atoms. The monoisotopic (exact) mass is 361 g/mol. The summed E-state index contributed by atoms with van der Waals surface area (Å²) in [5.41, 5.74) is 1.66. The van der Waals surface area contributed by atoms with Gasteiger partial charge in [0.25, 0.3) is 5.91 Å². The van der Waals surface area contributed by atoms with Crippen LogP contribution in [0.4, 0.5) is 0 Å². The van der Waals surface area contributed by atoms with Crippen molar-refractivity contribution in [2.24, 2.45) is 0 Å². The van der Waals surface area contributed by atoms with E-state index >= 15 is 0 Å². The largest absolute Gasteiger partial charge is 0.375 e. The lowest BCUT2D eigenvalue weighted by atomic mass is 9.99. The first-order valence-corrected chi connectivity index (χ1v) is 9.64. The number of aromatic nitrogens is 3. The van der Waals surface area contributed by atoms with Crippen molar-refractivity contribution < 1.29 is 9.53 Å². The minimum atomic E-state index is 0.0379. The molecule has 2 atom stereocenters. The molecule has 0 aliphatic carbocycles. The SMILES string of the molecule is CCc1csc(-n2cc(C(=O)N3CCC4OCCN(C)C4C3)cn2)n1. The number of carbonyl (C=O) groups excluding carboxylic acids is 1. The Kier molecular flexibility index (Phi) is 4.58. The van der Waals surface area contributed by atoms with Gasteiger partial charge in [-0.15, -0.1) is 11.3 Å². The average molecular weight is 361 g/mol. The van der Waals surface area contributed by atoms with Crippen molar-refractivity contribution in [3.8, 4) is 5.13 Å². The van der Waals surface area contributed by atoms with E-state index in [4.69, 9.17) is 4.74 Å². The highest BCUT2D eigenvalue weighted by Crippen LogP contribution is 2.23. The van der Waals surface area contributed by atoms with Crippen LogP contribution in [-0.2, 0) is 11.2 Å². The molecule has 2 unspecified atom stereocenters. The number of thiazole rings is 1. The maximum atomic E-state index is 12.9. The molecule has 1 amide bonds. The summed E-state index contributed by atoms with van der Waals surface area (Å²) in [5.74, 6) is 0.0379. The second-order valence-corrected chi connectivity index (χ2v) is 7.48. The quantitative estimate of drug-likeness (QED) is 0.828. The molecule has 4 heterocycles. The van der Waals surface area contributed by atoms with Gasteiger partial charge in [-0.1, -0.05) is 6.92 Å². The molecule has 2 aromatic rings. The summed E-state index contributed by atoms with van der Waals surface area (Å²) < 4.78 is 7.55. The van der Waals surface area contributed by atoms with Crippen molar-refractivity contribution in [3.63, 3.8) is 0 Å². The highest BCUT2D eigenvalue weighted by atomic mass is 32.1. The third kappa shape index (κ3) is 3.21. The van der Waals surface area contributed by atoms with Crippen molar-refractivity contribution in [2.45, 2.75) is 31.9 Å². The Balaban J connectivity index is 1.48. The molecule has 2 aliphatic rings. The lowest BCUT2D eigenvalue weighted by Gasteiger charge is -2.45. The molecule has 2 fully saturated rings. The van der Waals surface area contributed by atoms with Crippen molar-refractivity contribution in [2.75, 3.05) is 33.3 Å². The fraction of sp³-hybridized carbons (Fsp3) is 0.588. The Labute approximate surface area is 151 Å². The molecular formula is C17H23N5O2S. The molecule has 2 aromatic heterocycles. The van der Waals surface area contributed by atoms with Crippen molar-refractivity contribution >= 4 is 17.2 Å². The van der Waals surface area contributed by atoms with Gasteiger partial charge in [0.2, 0.25) is 5.13 Å². The average Bonchev–Trinajstić information content (AvgIpc) is 3.30. The standard InChI is InChI=1S/C17H23N5O2S/c1-3-13-11-25-17(19-13)22-9-12(8-18-22)16(23)21-5-4-15-14(10-21)20(2)6-7-24-15/h8-9,11,14-15H,3-7,10H2,1-2H3. The van der Waals surface area contributed by atoms with E-state index in [1.54, 1.807) is 28.4 Å². The Morgan fingerprint density at radius 3 is 3.12 bits per heavy atom. The van der Waals surface area contributed by atoms with E-state index in [2.05, 4.69) is 29.0 Å². The smallest absolute Gasteiger partial charge is 0.257 e. The van der Waals surface area contributed by atoms with E-state index < -0.39 is 0 Å².